The molecule has 1 aromatic rings. The quantitative estimate of drug-likeness (QED) is 0.845. The third-order valence-electron chi connectivity index (χ3n) is 4.52. The predicted molar refractivity (Wildman–Crippen MR) is 92.1 cm³/mol. The van der Waals surface area contributed by atoms with Crippen LogP contribution in [0.15, 0.2) is 24.3 Å². The van der Waals surface area contributed by atoms with Gasteiger partial charge < -0.3 is 15.3 Å². The predicted octanol–water partition coefficient (Wildman–Crippen LogP) is 2.19. The minimum Gasteiger partial charge on any atom is -0.391 e. The van der Waals surface area contributed by atoms with E-state index in [1.807, 2.05) is 12.1 Å². The highest BCUT2D eigenvalue weighted by molar-refractivity contribution is 5.74. The summed E-state index contributed by atoms with van der Waals surface area (Å²) >= 11 is 0. The van der Waals surface area contributed by atoms with Gasteiger partial charge in [-0.2, -0.15) is 0 Å². The number of carbonyl (C=O) groups excluding carboxylic acids is 1. The van der Waals surface area contributed by atoms with Gasteiger partial charge in [-0.3, -0.25) is 4.90 Å². The van der Waals surface area contributed by atoms with Gasteiger partial charge in [0.25, 0.3) is 0 Å². The number of hydrogen-bond donors (Lipinski definition) is 2. The van der Waals surface area contributed by atoms with Gasteiger partial charge in [0.05, 0.1) is 6.10 Å². The third-order valence-corrected chi connectivity index (χ3v) is 4.52. The Morgan fingerprint density at radius 3 is 2.65 bits per heavy atom. The lowest BCUT2D eigenvalue weighted by molar-refractivity contribution is 0.0841. The Kier molecular flexibility index (Phi) is 6.86. The van der Waals surface area contributed by atoms with E-state index >= 15 is 0 Å². The lowest BCUT2D eigenvalue weighted by Crippen LogP contribution is -2.46. The summed E-state index contributed by atoms with van der Waals surface area (Å²) < 4.78 is 0. The number of rotatable bonds is 6. The van der Waals surface area contributed by atoms with Crippen molar-refractivity contribution in [2.24, 2.45) is 0 Å². The standard InChI is InChI=1S/C18H29N3O2/c1-3-20(4-2)13-16-9-6-5-8-15(16)12-19-18(23)21-11-7-10-17(22)14-21/h5-6,8-9,17,22H,3-4,7,10-14H2,1-2H3,(H,19,23). The molecular weight excluding hydrogens is 290 g/mol. The molecule has 2 rings (SSSR count). The molecule has 1 heterocycles. The molecule has 1 aliphatic heterocycles. The van der Waals surface area contributed by atoms with Gasteiger partial charge in [0.1, 0.15) is 0 Å². The summed E-state index contributed by atoms with van der Waals surface area (Å²) in [4.78, 5) is 16.3. The number of amides is 2. The van der Waals surface area contributed by atoms with Crippen LogP contribution >= 0.6 is 0 Å². The van der Waals surface area contributed by atoms with Crippen molar-refractivity contribution >= 4 is 6.03 Å². The van der Waals surface area contributed by atoms with E-state index in [9.17, 15) is 9.90 Å². The van der Waals surface area contributed by atoms with Gasteiger partial charge in [-0.15, -0.1) is 0 Å². The molecule has 0 aliphatic carbocycles. The van der Waals surface area contributed by atoms with Crippen LogP contribution in [0, 0.1) is 0 Å². The van der Waals surface area contributed by atoms with Gasteiger partial charge in [-0.25, -0.2) is 4.79 Å². The summed E-state index contributed by atoms with van der Waals surface area (Å²) in [7, 11) is 0. The number of piperidine rings is 1. The number of carbonyl (C=O) groups is 1. The number of aliphatic hydroxyl groups excluding tert-OH is 1. The molecule has 1 fully saturated rings. The van der Waals surface area contributed by atoms with Crippen LogP contribution in [0.5, 0.6) is 0 Å². The van der Waals surface area contributed by atoms with Crippen molar-refractivity contribution in [3.05, 3.63) is 35.4 Å². The highest BCUT2D eigenvalue weighted by atomic mass is 16.3. The molecule has 5 nitrogen and oxygen atoms in total. The normalized spacial score (nSPS) is 18.3. The van der Waals surface area contributed by atoms with Crippen LogP contribution < -0.4 is 5.32 Å². The van der Waals surface area contributed by atoms with Gasteiger partial charge in [0.15, 0.2) is 0 Å². The Hall–Kier alpha value is -1.59. The van der Waals surface area contributed by atoms with Crippen molar-refractivity contribution in [3.63, 3.8) is 0 Å². The average Bonchev–Trinajstić information content (AvgIpc) is 2.58. The molecule has 0 bridgehead atoms. The molecule has 0 saturated carbocycles. The number of aliphatic hydroxyl groups is 1. The van der Waals surface area contributed by atoms with Crippen molar-refractivity contribution in [1.82, 2.24) is 15.1 Å². The Morgan fingerprint density at radius 1 is 1.30 bits per heavy atom. The molecule has 2 amide bonds. The molecule has 23 heavy (non-hydrogen) atoms. The second-order valence-corrected chi connectivity index (χ2v) is 6.13. The fourth-order valence-electron chi connectivity index (χ4n) is 2.99. The van der Waals surface area contributed by atoms with Crippen molar-refractivity contribution in [2.75, 3.05) is 26.2 Å². The fraction of sp³-hybridized carbons (Fsp3) is 0.611. The Balaban J connectivity index is 1.93. The summed E-state index contributed by atoms with van der Waals surface area (Å²) in [5, 5.41) is 12.7. The van der Waals surface area contributed by atoms with E-state index in [4.69, 9.17) is 0 Å². The Labute approximate surface area is 139 Å². The molecule has 5 heteroatoms. The second kappa shape index (κ2) is 8.89. The monoisotopic (exact) mass is 319 g/mol. The Bertz CT molecular complexity index is 503. The average molecular weight is 319 g/mol. The van der Waals surface area contributed by atoms with Crippen LogP contribution in [-0.2, 0) is 13.1 Å². The summed E-state index contributed by atoms with van der Waals surface area (Å²) in [5.41, 5.74) is 2.42. The maximum Gasteiger partial charge on any atom is 0.317 e. The van der Waals surface area contributed by atoms with E-state index in [2.05, 4.69) is 36.2 Å². The molecule has 2 N–H and O–H groups in total. The van der Waals surface area contributed by atoms with E-state index < -0.39 is 0 Å². The number of benzene rings is 1. The minimum atomic E-state index is -0.385. The number of nitrogens with one attached hydrogen (secondary N) is 1. The van der Waals surface area contributed by atoms with Crippen LogP contribution in [0.3, 0.4) is 0 Å². The lowest BCUT2D eigenvalue weighted by atomic mass is 10.1. The number of hydrogen-bond acceptors (Lipinski definition) is 3. The molecular formula is C18H29N3O2. The van der Waals surface area contributed by atoms with E-state index in [-0.39, 0.29) is 12.1 Å². The molecule has 1 aliphatic rings. The third kappa shape index (κ3) is 5.22. The first-order valence-corrected chi connectivity index (χ1v) is 8.64. The minimum absolute atomic E-state index is 0.0820. The maximum atomic E-state index is 12.3. The second-order valence-electron chi connectivity index (χ2n) is 6.13. The highest BCUT2D eigenvalue weighted by Gasteiger charge is 2.21. The topological polar surface area (TPSA) is 55.8 Å². The van der Waals surface area contributed by atoms with E-state index in [1.54, 1.807) is 4.90 Å². The van der Waals surface area contributed by atoms with Crippen molar-refractivity contribution < 1.29 is 9.90 Å². The molecule has 128 valence electrons. The molecule has 1 aromatic carbocycles. The molecule has 1 saturated heterocycles. The van der Waals surface area contributed by atoms with Crippen LogP contribution in [-0.4, -0.2) is 53.2 Å². The zero-order chi connectivity index (χ0) is 16.7. The van der Waals surface area contributed by atoms with E-state index in [0.717, 1.165) is 44.6 Å². The van der Waals surface area contributed by atoms with E-state index in [0.29, 0.717) is 13.1 Å². The number of β-amino-alcohol motifs (C(OH)–C–C–N with tert-alkyl or cyclic N) is 1. The van der Waals surface area contributed by atoms with Gasteiger partial charge in [-0.05, 0) is 37.1 Å². The summed E-state index contributed by atoms with van der Waals surface area (Å²) in [6, 6.07) is 8.18. The summed E-state index contributed by atoms with van der Waals surface area (Å²) in [5.74, 6) is 0. The first-order chi connectivity index (χ1) is 11.1. The molecule has 1 atom stereocenters. The zero-order valence-electron chi connectivity index (χ0n) is 14.3. The number of nitrogens with zero attached hydrogens (tertiary/aromatic N) is 2. The first-order valence-electron chi connectivity index (χ1n) is 8.64. The first kappa shape index (κ1) is 17.8. The smallest absolute Gasteiger partial charge is 0.317 e. The molecule has 1 unspecified atom stereocenters. The van der Waals surface area contributed by atoms with Crippen LogP contribution in [0.4, 0.5) is 4.79 Å². The van der Waals surface area contributed by atoms with Crippen LogP contribution in [0.2, 0.25) is 0 Å². The molecule has 0 aromatic heterocycles. The van der Waals surface area contributed by atoms with Crippen LogP contribution in [0.1, 0.15) is 37.8 Å². The SMILES string of the molecule is CCN(CC)Cc1ccccc1CNC(=O)N1CCCC(O)C1. The maximum absolute atomic E-state index is 12.3. The fourth-order valence-corrected chi connectivity index (χ4v) is 2.99. The Morgan fingerprint density at radius 2 is 2.00 bits per heavy atom. The molecule has 0 spiro atoms. The summed E-state index contributed by atoms with van der Waals surface area (Å²) in [6.45, 7) is 8.96. The van der Waals surface area contributed by atoms with Crippen molar-refractivity contribution in [1.29, 1.82) is 0 Å². The van der Waals surface area contributed by atoms with Crippen LogP contribution in [0.25, 0.3) is 0 Å². The highest BCUT2D eigenvalue weighted by Crippen LogP contribution is 2.13. The lowest BCUT2D eigenvalue weighted by Gasteiger charge is -2.30. The van der Waals surface area contributed by atoms with Gasteiger partial charge in [0, 0.05) is 26.2 Å². The molecule has 0 radical (unpaired) electrons. The summed E-state index contributed by atoms with van der Waals surface area (Å²) in [6.07, 6.45) is 1.27. The van der Waals surface area contributed by atoms with E-state index in [1.165, 1.54) is 5.56 Å². The number of urea groups is 1. The van der Waals surface area contributed by atoms with Gasteiger partial charge in [-0.1, -0.05) is 38.1 Å². The van der Waals surface area contributed by atoms with Gasteiger partial charge in [0.2, 0.25) is 0 Å². The largest absolute Gasteiger partial charge is 0.391 e. The zero-order valence-corrected chi connectivity index (χ0v) is 14.3. The van der Waals surface area contributed by atoms with Gasteiger partial charge >= 0.3 is 6.03 Å². The van der Waals surface area contributed by atoms with Crippen molar-refractivity contribution in [2.45, 2.75) is 45.9 Å². The number of likely N-dealkylation sites (tertiary alicyclic amines) is 1. The van der Waals surface area contributed by atoms with Crippen molar-refractivity contribution in [3.8, 4) is 0 Å².